The van der Waals surface area contributed by atoms with Crippen LogP contribution in [0.2, 0.25) is 0 Å². The highest BCUT2D eigenvalue weighted by molar-refractivity contribution is 7.99. The molecule has 2 unspecified atom stereocenters. The van der Waals surface area contributed by atoms with Crippen LogP contribution in [-0.4, -0.2) is 34.2 Å². The fourth-order valence-electron chi connectivity index (χ4n) is 1.32. The number of carboxylic acid groups (broad SMARTS) is 1. The van der Waals surface area contributed by atoms with Crippen molar-refractivity contribution in [1.82, 2.24) is 5.32 Å². The monoisotopic (exact) mass is 231 g/mol. The Bertz CT molecular complexity index is 207. The summed E-state index contributed by atoms with van der Waals surface area (Å²) >= 11 is 1.87. The van der Waals surface area contributed by atoms with Crippen LogP contribution in [0.4, 0.5) is 0 Å². The fourth-order valence-corrected chi connectivity index (χ4v) is 2.33. The first-order valence-electron chi connectivity index (χ1n) is 5.74. The van der Waals surface area contributed by atoms with Crippen molar-refractivity contribution in [3.8, 4) is 0 Å². The SMILES string of the molecule is CCC(C)SCCC(NC1CC1)C(=O)O. The normalized spacial score (nSPS) is 19.9. The summed E-state index contributed by atoms with van der Waals surface area (Å²) in [4.78, 5) is 10.9. The Balaban J connectivity index is 2.15. The molecular weight excluding hydrogens is 210 g/mol. The second kappa shape index (κ2) is 6.38. The molecule has 0 amide bonds. The number of hydrogen-bond acceptors (Lipinski definition) is 3. The van der Waals surface area contributed by atoms with Crippen LogP contribution in [-0.2, 0) is 4.79 Å². The Morgan fingerprint density at radius 2 is 2.27 bits per heavy atom. The smallest absolute Gasteiger partial charge is 0.320 e. The molecule has 15 heavy (non-hydrogen) atoms. The zero-order valence-corrected chi connectivity index (χ0v) is 10.3. The van der Waals surface area contributed by atoms with Crippen molar-refractivity contribution >= 4 is 17.7 Å². The van der Waals surface area contributed by atoms with E-state index in [0.29, 0.717) is 11.3 Å². The molecule has 1 rings (SSSR count). The zero-order chi connectivity index (χ0) is 11.3. The Labute approximate surface area is 96.0 Å². The number of rotatable bonds is 8. The highest BCUT2D eigenvalue weighted by atomic mass is 32.2. The third-order valence-electron chi connectivity index (χ3n) is 2.70. The van der Waals surface area contributed by atoms with Crippen LogP contribution in [0.5, 0.6) is 0 Å². The quantitative estimate of drug-likeness (QED) is 0.672. The van der Waals surface area contributed by atoms with E-state index in [1.54, 1.807) is 0 Å². The third-order valence-corrected chi connectivity index (χ3v) is 4.07. The van der Waals surface area contributed by atoms with Crippen molar-refractivity contribution < 1.29 is 9.90 Å². The predicted octanol–water partition coefficient (Wildman–Crippen LogP) is 2.11. The van der Waals surface area contributed by atoms with Gasteiger partial charge in [-0.3, -0.25) is 4.79 Å². The molecule has 0 heterocycles. The first kappa shape index (κ1) is 12.8. The molecule has 2 atom stereocenters. The molecule has 0 aromatic rings. The second-order valence-electron chi connectivity index (χ2n) is 4.21. The highest BCUT2D eigenvalue weighted by Crippen LogP contribution is 2.21. The number of thioether (sulfide) groups is 1. The molecule has 0 saturated heterocycles. The number of hydrogen-bond donors (Lipinski definition) is 2. The summed E-state index contributed by atoms with van der Waals surface area (Å²) in [6.45, 7) is 4.35. The van der Waals surface area contributed by atoms with Crippen LogP contribution in [0.1, 0.15) is 39.5 Å². The van der Waals surface area contributed by atoms with Gasteiger partial charge in [-0.1, -0.05) is 13.8 Å². The molecule has 1 saturated carbocycles. The van der Waals surface area contributed by atoms with Crippen molar-refractivity contribution in [2.24, 2.45) is 0 Å². The number of carboxylic acids is 1. The summed E-state index contributed by atoms with van der Waals surface area (Å²) in [6.07, 6.45) is 4.17. The molecule has 0 aromatic heterocycles. The molecule has 1 fully saturated rings. The van der Waals surface area contributed by atoms with Crippen LogP contribution >= 0.6 is 11.8 Å². The van der Waals surface area contributed by atoms with Gasteiger partial charge in [0.1, 0.15) is 6.04 Å². The van der Waals surface area contributed by atoms with Gasteiger partial charge in [0, 0.05) is 11.3 Å². The minimum absolute atomic E-state index is 0.339. The van der Waals surface area contributed by atoms with Crippen molar-refractivity contribution in [1.29, 1.82) is 0 Å². The standard InChI is InChI=1S/C11H21NO2S/c1-3-8(2)15-7-6-10(11(13)14)12-9-4-5-9/h8-10,12H,3-7H2,1-2H3,(H,13,14). The maximum absolute atomic E-state index is 10.9. The van der Waals surface area contributed by atoms with Gasteiger partial charge < -0.3 is 10.4 Å². The van der Waals surface area contributed by atoms with Gasteiger partial charge in [-0.25, -0.2) is 0 Å². The van der Waals surface area contributed by atoms with Gasteiger partial charge in [0.05, 0.1) is 0 Å². The number of nitrogens with one attached hydrogen (secondary N) is 1. The zero-order valence-electron chi connectivity index (χ0n) is 9.53. The molecule has 0 spiro atoms. The lowest BCUT2D eigenvalue weighted by Crippen LogP contribution is -2.38. The van der Waals surface area contributed by atoms with E-state index in [1.807, 2.05) is 11.8 Å². The van der Waals surface area contributed by atoms with E-state index in [0.717, 1.165) is 31.4 Å². The molecule has 0 radical (unpaired) electrons. The van der Waals surface area contributed by atoms with Crippen LogP contribution in [0.25, 0.3) is 0 Å². The highest BCUT2D eigenvalue weighted by Gasteiger charge is 2.27. The maximum Gasteiger partial charge on any atom is 0.320 e. The van der Waals surface area contributed by atoms with Gasteiger partial charge in [-0.2, -0.15) is 11.8 Å². The maximum atomic E-state index is 10.9. The molecule has 0 aromatic carbocycles. The van der Waals surface area contributed by atoms with E-state index >= 15 is 0 Å². The minimum Gasteiger partial charge on any atom is -0.480 e. The lowest BCUT2D eigenvalue weighted by molar-refractivity contribution is -0.139. The van der Waals surface area contributed by atoms with Gasteiger partial charge in [0.2, 0.25) is 0 Å². The Morgan fingerprint density at radius 3 is 2.73 bits per heavy atom. The Morgan fingerprint density at radius 1 is 1.60 bits per heavy atom. The van der Waals surface area contributed by atoms with Gasteiger partial charge in [-0.15, -0.1) is 0 Å². The predicted molar refractivity (Wildman–Crippen MR) is 64.4 cm³/mol. The molecule has 1 aliphatic carbocycles. The van der Waals surface area contributed by atoms with Crippen LogP contribution in [0.3, 0.4) is 0 Å². The number of carbonyl (C=O) groups is 1. The first-order chi connectivity index (χ1) is 7.13. The van der Waals surface area contributed by atoms with Crippen LogP contribution in [0, 0.1) is 0 Å². The van der Waals surface area contributed by atoms with Crippen molar-refractivity contribution in [2.45, 2.75) is 56.9 Å². The van der Waals surface area contributed by atoms with E-state index in [1.165, 1.54) is 0 Å². The third kappa shape index (κ3) is 5.42. The van der Waals surface area contributed by atoms with E-state index in [-0.39, 0.29) is 6.04 Å². The van der Waals surface area contributed by atoms with E-state index in [4.69, 9.17) is 5.11 Å². The average Bonchev–Trinajstić information content (AvgIpc) is 2.99. The summed E-state index contributed by atoms with van der Waals surface area (Å²) in [5.74, 6) is 0.234. The van der Waals surface area contributed by atoms with Crippen molar-refractivity contribution in [3.63, 3.8) is 0 Å². The van der Waals surface area contributed by atoms with Crippen LogP contribution in [0.15, 0.2) is 0 Å². The fraction of sp³-hybridized carbons (Fsp3) is 0.909. The number of aliphatic carboxylic acids is 1. The minimum atomic E-state index is -0.702. The van der Waals surface area contributed by atoms with Gasteiger partial charge in [0.25, 0.3) is 0 Å². The van der Waals surface area contributed by atoms with E-state index in [9.17, 15) is 4.79 Å². The lowest BCUT2D eigenvalue weighted by atomic mass is 10.2. The Kier molecular flexibility index (Phi) is 5.47. The Hall–Kier alpha value is -0.220. The molecule has 0 aliphatic heterocycles. The summed E-state index contributed by atoms with van der Waals surface area (Å²) < 4.78 is 0. The van der Waals surface area contributed by atoms with Crippen molar-refractivity contribution in [3.05, 3.63) is 0 Å². The summed E-state index contributed by atoms with van der Waals surface area (Å²) in [5, 5.41) is 12.8. The molecule has 0 bridgehead atoms. The molecule has 2 N–H and O–H groups in total. The van der Waals surface area contributed by atoms with Gasteiger partial charge in [0.15, 0.2) is 0 Å². The van der Waals surface area contributed by atoms with Crippen molar-refractivity contribution in [2.75, 3.05) is 5.75 Å². The van der Waals surface area contributed by atoms with Gasteiger partial charge >= 0.3 is 5.97 Å². The van der Waals surface area contributed by atoms with Gasteiger partial charge in [-0.05, 0) is 31.4 Å². The summed E-state index contributed by atoms with van der Waals surface area (Å²) in [7, 11) is 0. The lowest BCUT2D eigenvalue weighted by Gasteiger charge is -2.14. The molecule has 4 heteroatoms. The summed E-state index contributed by atoms with van der Waals surface area (Å²) in [5.41, 5.74) is 0. The van der Waals surface area contributed by atoms with E-state index in [2.05, 4.69) is 19.2 Å². The average molecular weight is 231 g/mol. The molecule has 1 aliphatic rings. The molecule has 3 nitrogen and oxygen atoms in total. The largest absolute Gasteiger partial charge is 0.480 e. The molecule has 88 valence electrons. The second-order valence-corrected chi connectivity index (χ2v) is 5.76. The summed E-state index contributed by atoms with van der Waals surface area (Å²) in [6, 6.07) is 0.133. The topological polar surface area (TPSA) is 49.3 Å². The van der Waals surface area contributed by atoms with Crippen LogP contribution < -0.4 is 5.32 Å². The van der Waals surface area contributed by atoms with E-state index < -0.39 is 5.97 Å². The molecular formula is C11H21NO2S. The first-order valence-corrected chi connectivity index (χ1v) is 6.78.